The van der Waals surface area contributed by atoms with E-state index in [9.17, 15) is 4.79 Å². The van der Waals surface area contributed by atoms with Crippen LogP contribution in [0.2, 0.25) is 10.0 Å². The zero-order chi connectivity index (χ0) is 25.6. The molecule has 1 aliphatic heterocycles. The maximum absolute atomic E-state index is 13.1. The van der Waals surface area contributed by atoms with Gasteiger partial charge in [0, 0.05) is 65.3 Å². The van der Waals surface area contributed by atoms with Crippen LogP contribution in [0.1, 0.15) is 26.3 Å². The molecule has 0 atom stereocenters. The first kappa shape index (κ1) is 25.0. The summed E-state index contributed by atoms with van der Waals surface area (Å²) in [6.45, 7) is 10.5. The van der Waals surface area contributed by atoms with E-state index in [-0.39, 0.29) is 0 Å². The Bertz CT molecular complexity index is 1450. The molecule has 2 aromatic heterocycles. The van der Waals surface area contributed by atoms with E-state index in [0.29, 0.717) is 10.0 Å². The van der Waals surface area contributed by atoms with E-state index in [2.05, 4.69) is 22.9 Å². The van der Waals surface area contributed by atoms with Crippen LogP contribution in [-0.2, 0) is 11.3 Å². The molecule has 2 aromatic carbocycles. The van der Waals surface area contributed by atoms with Gasteiger partial charge in [-0.1, -0.05) is 29.3 Å². The van der Waals surface area contributed by atoms with Gasteiger partial charge in [-0.15, -0.1) is 0 Å². The van der Waals surface area contributed by atoms with Crippen LogP contribution in [0, 0.1) is 0 Å². The topological polar surface area (TPSA) is 50.6 Å². The molecular weight excluding hydrogens is 495 g/mol. The van der Waals surface area contributed by atoms with Crippen LogP contribution >= 0.6 is 23.2 Å². The molecule has 0 radical (unpaired) electrons. The number of carbonyl (C=O) groups is 1. The van der Waals surface area contributed by atoms with E-state index < -0.39 is 11.7 Å². The van der Waals surface area contributed by atoms with Crippen molar-refractivity contribution in [3.05, 3.63) is 64.3 Å². The second-order valence-corrected chi connectivity index (χ2v) is 11.3. The molecular formula is C28H30Cl2N4O2. The molecule has 0 amide bonds. The van der Waals surface area contributed by atoms with Crippen LogP contribution in [0.15, 0.2) is 48.7 Å². The van der Waals surface area contributed by atoms with Gasteiger partial charge in [-0.3, -0.25) is 9.47 Å². The van der Waals surface area contributed by atoms with Gasteiger partial charge in [-0.05, 0) is 69.8 Å². The molecule has 0 aliphatic carbocycles. The standard InChI is InChI=1S/C28H30Cl2N4O2/c1-28(2,3)36-27(35)34-17-23(22-14-19(29)6-8-26(22)34)24-13-18(16-33-11-9-32(4)10-12-33)21-7-5-20(30)15-25(21)31-24/h5-8,13-15,17H,9-12,16H2,1-4H3. The van der Waals surface area contributed by atoms with Crippen LogP contribution in [0.25, 0.3) is 33.1 Å². The minimum Gasteiger partial charge on any atom is -0.443 e. The highest BCUT2D eigenvalue weighted by Gasteiger charge is 2.23. The lowest BCUT2D eigenvalue weighted by atomic mass is 10.0. The molecule has 8 heteroatoms. The average molecular weight is 525 g/mol. The van der Waals surface area contributed by atoms with Crippen molar-refractivity contribution in [1.82, 2.24) is 19.4 Å². The Morgan fingerprint density at radius 1 is 0.972 bits per heavy atom. The summed E-state index contributed by atoms with van der Waals surface area (Å²) < 4.78 is 7.21. The molecule has 6 nitrogen and oxygen atoms in total. The fourth-order valence-corrected chi connectivity index (χ4v) is 5.00. The lowest BCUT2D eigenvalue weighted by molar-refractivity contribution is 0.0544. The molecule has 3 heterocycles. The molecule has 0 saturated carbocycles. The van der Waals surface area contributed by atoms with E-state index in [1.807, 2.05) is 51.1 Å². The van der Waals surface area contributed by atoms with Gasteiger partial charge >= 0.3 is 6.09 Å². The van der Waals surface area contributed by atoms with E-state index in [4.69, 9.17) is 32.9 Å². The van der Waals surface area contributed by atoms with Crippen molar-refractivity contribution in [1.29, 1.82) is 0 Å². The SMILES string of the molecule is CN1CCN(Cc2cc(-c3cn(C(=O)OC(C)(C)C)c4ccc(Cl)cc34)nc3cc(Cl)ccc23)CC1. The van der Waals surface area contributed by atoms with Crippen molar-refractivity contribution >= 4 is 51.1 Å². The third-order valence-electron chi connectivity index (χ3n) is 6.48. The second kappa shape index (κ2) is 9.67. The number of likely N-dealkylation sites (N-methyl/N-ethyl adjacent to an activating group) is 1. The summed E-state index contributed by atoms with van der Waals surface area (Å²) in [5.74, 6) is 0. The highest BCUT2D eigenvalue weighted by Crippen LogP contribution is 2.35. The summed E-state index contributed by atoms with van der Waals surface area (Å²) in [4.78, 5) is 22.9. The first-order valence-corrected chi connectivity index (χ1v) is 12.9. The Kier molecular flexibility index (Phi) is 6.72. The summed E-state index contributed by atoms with van der Waals surface area (Å²) in [6.07, 6.45) is 1.36. The van der Waals surface area contributed by atoms with Gasteiger partial charge in [0.25, 0.3) is 0 Å². The number of nitrogens with zero attached hydrogens (tertiary/aromatic N) is 4. The Balaban J connectivity index is 1.65. The van der Waals surface area contributed by atoms with Crippen LogP contribution < -0.4 is 0 Å². The average Bonchev–Trinajstić information content (AvgIpc) is 3.18. The Morgan fingerprint density at radius 3 is 2.39 bits per heavy atom. The van der Waals surface area contributed by atoms with E-state index in [1.165, 1.54) is 10.1 Å². The number of fused-ring (bicyclic) bond motifs is 2. The minimum absolute atomic E-state index is 0.442. The van der Waals surface area contributed by atoms with Crippen LogP contribution in [0.3, 0.4) is 0 Å². The molecule has 0 bridgehead atoms. The monoisotopic (exact) mass is 524 g/mol. The fourth-order valence-electron chi connectivity index (χ4n) is 4.66. The Hall–Kier alpha value is -2.64. The van der Waals surface area contributed by atoms with Crippen molar-refractivity contribution in [2.75, 3.05) is 33.2 Å². The largest absolute Gasteiger partial charge is 0.443 e. The molecule has 1 fully saturated rings. The van der Waals surface area contributed by atoms with Gasteiger partial charge in [-0.25, -0.2) is 9.78 Å². The number of halogens is 2. The number of benzene rings is 2. The lowest BCUT2D eigenvalue weighted by Crippen LogP contribution is -2.43. The molecule has 1 saturated heterocycles. The van der Waals surface area contributed by atoms with Gasteiger partial charge in [0.05, 0.1) is 16.7 Å². The Labute approximate surface area is 221 Å². The predicted molar refractivity (Wildman–Crippen MR) is 147 cm³/mol. The number of pyridine rings is 1. The molecule has 4 aromatic rings. The molecule has 0 spiro atoms. The molecule has 5 rings (SSSR count). The molecule has 188 valence electrons. The van der Waals surface area contributed by atoms with Crippen molar-refractivity contribution in [3.63, 3.8) is 0 Å². The third-order valence-corrected chi connectivity index (χ3v) is 6.95. The molecule has 0 unspecified atom stereocenters. The minimum atomic E-state index is -0.617. The summed E-state index contributed by atoms with van der Waals surface area (Å²) in [5.41, 5.74) is 3.69. The number of rotatable bonds is 3. The van der Waals surface area contributed by atoms with Crippen molar-refractivity contribution in [3.8, 4) is 11.3 Å². The van der Waals surface area contributed by atoms with Gasteiger partial charge in [-0.2, -0.15) is 0 Å². The van der Waals surface area contributed by atoms with Crippen molar-refractivity contribution < 1.29 is 9.53 Å². The van der Waals surface area contributed by atoms with E-state index in [0.717, 1.165) is 65.8 Å². The maximum Gasteiger partial charge on any atom is 0.419 e. The van der Waals surface area contributed by atoms with Gasteiger partial charge in [0.1, 0.15) is 5.60 Å². The van der Waals surface area contributed by atoms with Crippen molar-refractivity contribution in [2.45, 2.75) is 32.9 Å². The van der Waals surface area contributed by atoms with Gasteiger partial charge in [0.2, 0.25) is 0 Å². The normalized spacial score (nSPS) is 15.6. The number of aromatic nitrogens is 2. The number of ether oxygens (including phenoxy) is 1. The predicted octanol–water partition coefficient (Wildman–Crippen LogP) is 6.69. The number of carbonyl (C=O) groups excluding carboxylic acids is 1. The fraction of sp³-hybridized carbons (Fsp3) is 0.357. The van der Waals surface area contributed by atoms with Crippen molar-refractivity contribution in [2.24, 2.45) is 0 Å². The number of hydrogen-bond acceptors (Lipinski definition) is 5. The van der Waals surface area contributed by atoms with Gasteiger partial charge < -0.3 is 9.64 Å². The first-order valence-electron chi connectivity index (χ1n) is 12.1. The summed E-state index contributed by atoms with van der Waals surface area (Å²) >= 11 is 12.7. The summed E-state index contributed by atoms with van der Waals surface area (Å²) in [6, 6.07) is 13.5. The highest BCUT2D eigenvalue weighted by molar-refractivity contribution is 6.32. The molecule has 1 aliphatic rings. The third kappa shape index (κ3) is 5.23. The molecule has 0 N–H and O–H groups in total. The highest BCUT2D eigenvalue weighted by atomic mass is 35.5. The summed E-state index contributed by atoms with van der Waals surface area (Å²) in [7, 11) is 2.16. The molecule has 36 heavy (non-hydrogen) atoms. The van der Waals surface area contributed by atoms with Crippen LogP contribution in [0.4, 0.5) is 4.79 Å². The quantitative estimate of drug-likeness (QED) is 0.298. The summed E-state index contributed by atoms with van der Waals surface area (Å²) in [5, 5.41) is 3.15. The smallest absolute Gasteiger partial charge is 0.419 e. The second-order valence-electron chi connectivity index (χ2n) is 10.5. The van der Waals surface area contributed by atoms with Crippen LogP contribution in [-0.4, -0.2) is 64.3 Å². The first-order chi connectivity index (χ1) is 17.1. The van der Waals surface area contributed by atoms with E-state index >= 15 is 0 Å². The van der Waals surface area contributed by atoms with Gasteiger partial charge in [0.15, 0.2) is 0 Å². The zero-order valence-electron chi connectivity index (χ0n) is 21.0. The van der Waals surface area contributed by atoms with E-state index in [1.54, 1.807) is 12.3 Å². The number of hydrogen-bond donors (Lipinski definition) is 0. The Morgan fingerprint density at radius 2 is 1.67 bits per heavy atom. The maximum atomic E-state index is 13.1. The number of piperazine rings is 1. The lowest BCUT2D eigenvalue weighted by Gasteiger charge is -2.32. The van der Waals surface area contributed by atoms with Crippen LogP contribution in [0.5, 0.6) is 0 Å². The zero-order valence-corrected chi connectivity index (χ0v) is 22.5.